The van der Waals surface area contributed by atoms with Crippen LogP contribution in [0.2, 0.25) is 5.02 Å². The van der Waals surface area contributed by atoms with Crippen LogP contribution < -0.4 is 10.6 Å². The summed E-state index contributed by atoms with van der Waals surface area (Å²) in [5.41, 5.74) is 1.49. The Morgan fingerprint density at radius 2 is 2.17 bits per heavy atom. The second-order valence-corrected chi connectivity index (χ2v) is 5.91. The lowest BCUT2D eigenvalue weighted by Crippen LogP contribution is -2.36. The van der Waals surface area contributed by atoms with Crippen molar-refractivity contribution in [3.8, 4) is 0 Å². The topological polar surface area (TPSA) is 80.0 Å². The van der Waals surface area contributed by atoms with Crippen LogP contribution >= 0.6 is 11.6 Å². The van der Waals surface area contributed by atoms with E-state index in [1.54, 1.807) is 25.3 Å². The lowest BCUT2D eigenvalue weighted by molar-refractivity contribution is 0.236. The molecule has 0 bridgehead atoms. The minimum Gasteiger partial charge on any atom is -0.459 e. The fourth-order valence-electron chi connectivity index (χ4n) is 2.34. The van der Waals surface area contributed by atoms with Gasteiger partial charge in [-0.2, -0.15) is 0 Å². The third-order valence-electron chi connectivity index (χ3n) is 3.54. The first-order valence-electron chi connectivity index (χ1n) is 7.53. The van der Waals surface area contributed by atoms with Crippen molar-refractivity contribution < 1.29 is 9.21 Å². The Bertz CT molecular complexity index is 878. The number of nitrogens with zero attached hydrogens (tertiary/aromatic N) is 2. The highest BCUT2D eigenvalue weighted by Crippen LogP contribution is 2.26. The van der Waals surface area contributed by atoms with E-state index >= 15 is 0 Å². The molecule has 3 aromatic rings. The summed E-state index contributed by atoms with van der Waals surface area (Å²) >= 11 is 5.97. The standard InChI is InChI=1S/C17H17ClN4O2/c1-10(16-8-12-7-13(18)3-4-15(12)24-16)21-17(23)20-9-14-5-6-19-11(2)22-14/h3-8,10H,9H2,1-2H3,(H2,20,21,23)/t10-/m0/s1. The number of carbonyl (C=O) groups is 1. The van der Waals surface area contributed by atoms with Gasteiger partial charge in [0.05, 0.1) is 18.3 Å². The summed E-state index contributed by atoms with van der Waals surface area (Å²) in [6, 6.07) is 8.48. The molecule has 0 spiro atoms. The van der Waals surface area contributed by atoms with E-state index in [4.69, 9.17) is 16.0 Å². The number of carbonyl (C=O) groups excluding carboxylic acids is 1. The normalized spacial score (nSPS) is 12.1. The zero-order valence-electron chi connectivity index (χ0n) is 13.3. The number of urea groups is 1. The van der Waals surface area contributed by atoms with Crippen molar-refractivity contribution in [3.05, 3.63) is 58.8 Å². The van der Waals surface area contributed by atoms with Crippen molar-refractivity contribution in [1.82, 2.24) is 20.6 Å². The molecule has 0 saturated heterocycles. The Kier molecular flexibility index (Phi) is 4.66. The summed E-state index contributed by atoms with van der Waals surface area (Å²) in [5, 5.41) is 7.16. The quantitative estimate of drug-likeness (QED) is 0.755. The molecule has 1 aromatic carbocycles. The van der Waals surface area contributed by atoms with E-state index < -0.39 is 0 Å². The smallest absolute Gasteiger partial charge is 0.315 e. The maximum absolute atomic E-state index is 12.0. The van der Waals surface area contributed by atoms with Crippen LogP contribution in [-0.4, -0.2) is 16.0 Å². The maximum Gasteiger partial charge on any atom is 0.315 e. The summed E-state index contributed by atoms with van der Waals surface area (Å²) in [4.78, 5) is 20.3. The monoisotopic (exact) mass is 344 g/mol. The SMILES string of the molecule is Cc1nccc(CNC(=O)N[C@@H](C)c2cc3cc(Cl)ccc3o2)n1. The number of nitrogens with one attached hydrogen (secondary N) is 2. The van der Waals surface area contributed by atoms with Crippen molar-refractivity contribution in [1.29, 1.82) is 0 Å². The molecular weight excluding hydrogens is 328 g/mol. The summed E-state index contributed by atoms with van der Waals surface area (Å²) < 4.78 is 5.74. The van der Waals surface area contributed by atoms with Crippen LogP contribution in [0.25, 0.3) is 11.0 Å². The number of hydrogen-bond donors (Lipinski definition) is 2. The van der Waals surface area contributed by atoms with Crippen LogP contribution in [0.1, 0.15) is 30.2 Å². The maximum atomic E-state index is 12.0. The molecule has 7 heteroatoms. The van der Waals surface area contributed by atoms with Gasteiger partial charge in [0.2, 0.25) is 0 Å². The van der Waals surface area contributed by atoms with Crippen molar-refractivity contribution in [2.75, 3.05) is 0 Å². The van der Waals surface area contributed by atoms with Gasteiger partial charge >= 0.3 is 6.03 Å². The number of fused-ring (bicyclic) bond motifs is 1. The third kappa shape index (κ3) is 3.83. The number of aryl methyl sites for hydroxylation is 1. The summed E-state index contributed by atoms with van der Waals surface area (Å²) in [6.45, 7) is 3.99. The molecule has 124 valence electrons. The lowest BCUT2D eigenvalue weighted by Gasteiger charge is -2.12. The van der Waals surface area contributed by atoms with E-state index in [9.17, 15) is 4.79 Å². The fourth-order valence-corrected chi connectivity index (χ4v) is 2.52. The number of benzene rings is 1. The van der Waals surface area contributed by atoms with E-state index in [0.717, 1.165) is 16.7 Å². The van der Waals surface area contributed by atoms with Crippen LogP contribution in [0.4, 0.5) is 4.79 Å². The van der Waals surface area contributed by atoms with Crippen LogP contribution in [0.5, 0.6) is 0 Å². The fraction of sp³-hybridized carbons (Fsp3) is 0.235. The zero-order chi connectivity index (χ0) is 17.1. The molecule has 2 heterocycles. The van der Waals surface area contributed by atoms with E-state index in [0.29, 0.717) is 23.2 Å². The van der Waals surface area contributed by atoms with E-state index in [-0.39, 0.29) is 12.1 Å². The van der Waals surface area contributed by atoms with Gasteiger partial charge in [-0.1, -0.05) is 11.6 Å². The summed E-state index contributed by atoms with van der Waals surface area (Å²) in [7, 11) is 0. The van der Waals surface area contributed by atoms with Crippen molar-refractivity contribution >= 4 is 28.6 Å². The molecule has 6 nitrogen and oxygen atoms in total. The minimum absolute atomic E-state index is 0.275. The average molecular weight is 345 g/mol. The van der Waals surface area contributed by atoms with Crippen LogP contribution in [0.3, 0.4) is 0 Å². The molecule has 2 amide bonds. The Morgan fingerprint density at radius 1 is 1.33 bits per heavy atom. The van der Waals surface area contributed by atoms with Crippen LogP contribution in [-0.2, 0) is 6.54 Å². The highest BCUT2D eigenvalue weighted by atomic mass is 35.5. The number of aromatic nitrogens is 2. The lowest BCUT2D eigenvalue weighted by atomic mass is 10.2. The van der Waals surface area contributed by atoms with Gasteiger partial charge in [0.25, 0.3) is 0 Å². The Balaban J connectivity index is 1.60. The Hall–Kier alpha value is -2.60. The molecule has 24 heavy (non-hydrogen) atoms. The highest BCUT2D eigenvalue weighted by molar-refractivity contribution is 6.31. The van der Waals surface area contributed by atoms with Crippen molar-refractivity contribution in [2.45, 2.75) is 26.4 Å². The van der Waals surface area contributed by atoms with Gasteiger partial charge in [-0.15, -0.1) is 0 Å². The number of furan rings is 1. The first-order chi connectivity index (χ1) is 11.5. The van der Waals surface area contributed by atoms with Gasteiger partial charge in [0.1, 0.15) is 17.2 Å². The molecule has 0 saturated carbocycles. The first kappa shape index (κ1) is 16.3. The number of hydrogen-bond acceptors (Lipinski definition) is 4. The molecule has 0 radical (unpaired) electrons. The predicted molar refractivity (Wildman–Crippen MR) is 91.8 cm³/mol. The van der Waals surface area contributed by atoms with Crippen LogP contribution in [0, 0.1) is 6.92 Å². The van der Waals surface area contributed by atoms with E-state index in [1.165, 1.54) is 0 Å². The molecule has 0 unspecified atom stereocenters. The number of rotatable bonds is 4. The van der Waals surface area contributed by atoms with Gasteiger partial charge in [0, 0.05) is 16.6 Å². The second-order valence-electron chi connectivity index (χ2n) is 5.47. The summed E-state index contributed by atoms with van der Waals surface area (Å²) in [5.74, 6) is 1.34. The third-order valence-corrected chi connectivity index (χ3v) is 3.77. The molecular formula is C17H17ClN4O2. The summed E-state index contributed by atoms with van der Waals surface area (Å²) in [6.07, 6.45) is 1.67. The highest BCUT2D eigenvalue weighted by Gasteiger charge is 2.14. The van der Waals surface area contributed by atoms with Crippen molar-refractivity contribution in [2.24, 2.45) is 0 Å². The van der Waals surface area contributed by atoms with Crippen LogP contribution in [0.15, 0.2) is 40.9 Å². The van der Waals surface area contributed by atoms with E-state index in [1.807, 2.05) is 25.1 Å². The molecule has 0 aliphatic carbocycles. The molecule has 2 N–H and O–H groups in total. The zero-order valence-corrected chi connectivity index (χ0v) is 14.1. The van der Waals surface area contributed by atoms with Gasteiger partial charge in [0.15, 0.2) is 0 Å². The molecule has 0 aliphatic rings. The van der Waals surface area contributed by atoms with Gasteiger partial charge < -0.3 is 15.1 Å². The average Bonchev–Trinajstić information content (AvgIpc) is 2.96. The molecule has 0 aliphatic heterocycles. The second kappa shape index (κ2) is 6.88. The Morgan fingerprint density at radius 3 is 2.96 bits per heavy atom. The van der Waals surface area contributed by atoms with Crippen molar-refractivity contribution in [3.63, 3.8) is 0 Å². The first-order valence-corrected chi connectivity index (χ1v) is 7.91. The molecule has 1 atom stereocenters. The minimum atomic E-state index is -0.294. The van der Waals surface area contributed by atoms with Gasteiger partial charge in [-0.05, 0) is 44.2 Å². The van der Waals surface area contributed by atoms with E-state index in [2.05, 4.69) is 20.6 Å². The Labute approximate surface area is 144 Å². The molecule has 0 fully saturated rings. The molecule has 2 aromatic heterocycles. The largest absolute Gasteiger partial charge is 0.459 e. The van der Waals surface area contributed by atoms with Gasteiger partial charge in [-0.25, -0.2) is 14.8 Å². The predicted octanol–water partition coefficient (Wildman–Crippen LogP) is 3.75. The van der Waals surface area contributed by atoms with Gasteiger partial charge in [-0.3, -0.25) is 0 Å². The number of halogens is 1. The molecule has 3 rings (SSSR count). The number of amides is 2.